The summed E-state index contributed by atoms with van der Waals surface area (Å²) in [5, 5.41) is 13.1. The summed E-state index contributed by atoms with van der Waals surface area (Å²) in [7, 11) is -1.39. The molecule has 48 heavy (non-hydrogen) atoms. The number of benzene rings is 4. The third kappa shape index (κ3) is 7.39. The average Bonchev–Trinajstić information content (AvgIpc) is 3.45. The maximum absolute atomic E-state index is 14.1. The van der Waals surface area contributed by atoms with Crippen molar-refractivity contribution in [3.63, 3.8) is 0 Å². The van der Waals surface area contributed by atoms with Crippen molar-refractivity contribution in [1.29, 1.82) is 0 Å². The number of carbonyl (C=O) groups excluding carboxylic acids is 1. The van der Waals surface area contributed by atoms with Gasteiger partial charge in [0, 0.05) is 30.8 Å². The number of aliphatic hydroxyl groups is 1. The molecule has 1 amide bonds. The van der Waals surface area contributed by atoms with Crippen LogP contribution in [0.1, 0.15) is 60.4 Å². The number of aliphatic hydroxyl groups excluding tert-OH is 1. The molecule has 0 saturated heterocycles. The van der Waals surface area contributed by atoms with E-state index in [-0.39, 0.29) is 36.6 Å². The first-order chi connectivity index (χ1) is 23.1. The molecule has 0 radical (unpaired) electrons. The van der Waals surface area contributed by atoms with Crippen molar-refractivity contribution < 1.29 is 23.2 Å². The van der Waals surface area contributed by atoms with Gasteiger partial charge < -0.3 is 15.2 Å². The molecule has 0 aliphatic carbocycles. The molecule has 1 aliphatic heterocycles. The zero-order chi connectivity index (χ0) is 33.8. The maximum atomic E-state index is 14.1. The van der Waals surface area contributed by atoms with Crippen LogP contribution in [-0.2, 0) is 24.1 Å². The first-order valence-electron chi connectivity index (χ1n) is 15.9. The molecule has 2 N–H and O–H groups in total. The summed E-state index contributed by atoms with van der Waals surface area (Å²) in [6.07, 6.45) is 0.350. The topological polar surface area (TPSA) is 91.8 Å². The van der Waals surface area contributed by atoms with E-state index in [0.717, 1.165) is 33.6 Å². The summed E-state index contributed by atoms with van der Waals surface area (Å²) >= 11 is 0. The van der Waals surface area contributed by atoms with Crippen LogP contribution in [0.5, 0.6) is 11.5 Å². The highest BCUT2D eigenvalue weighted by atomic mass is 32.2. The van der Waals surface area contributed by atoms with Gasteiger partial charge in [-0.25, -0.2) is 17.9 Å². The van der Waals surface area contributed by atoms with Crippen LogP contribution in [0.15, 0.2) is 109 Å². The first-order valence-corrected chi connectivity index (χ1v) is 17.0. The van der Waals surface area contributed by atoms with E-state index in [0.29, 0.717) is 30.0 Å². The second-order valence-corrected chi connectivity index (χ2v) is 14.9. The van der Waals surface area contributed by atoms with Crippen molar-refractivity contribution >= 4 is 16.9 Å². The number of hydrogen-bond acceptors (Lipinski definition) is 5. The summed E-state index contributed by atoms with van der Waals surface area (Å²) in [5.41, 5.74) is 5.61. The molecule has 4 aromatic carbocycles. The lowest BCUT2D eigenvalue weighted by Crippen LogP contribution is -2.36. The molecule has 1 aromatic heterocycles. The number of pyridine rings is 1. The van der Waals surface area contributed by atoms with Gasteiger partial charge in [0.1, 0.15) is 34.0 Å². The maximum Gasteiger partial charge on any atom is 0.270 e. The van der Waals surface area contributed by atoms with E-state index in [1.165, 1.54) is 12.1 Å². The second kappa shape index (κ2) is 14.2. The third-order valence-corrected chi connectivity index (χ3v) is 10.0. The highest BCUT2D eigenvalue weighted by molar-refractivity contribution is 7.84. The standard InChI is InChI=1S/C39H38FN3O4S/c1-39(2,3)48(46)43-25-30-23-34(38(45)41-24-26-15-17-33(18-16-26)47-32-13-5-4-6-14-32)42-37(36(30)35(43)19-20-44)29-11-7-9-27(21-29)28-10-8-12-31(40)22-28/h4-18,21-23,35,44H,19-20,24-25H2,1-3H3,(H,41,45)/t35-,48?/m0/s1. The van der Waals surface area contributed by atoms with E-state index in [2.05, 4.69) is 5.32 Å². The Kier molecular flexibility index (Phi) is 9.82. The second-order valence-electron chi connectivity index (χ2n) is 12.7. The zero-order valence-electron chi connectivity index (χ0n) is 27.2. The molecular weight excluding hydrogens is 626 g/mol. The number of aromatic nitrogens is 1. The molecule has 0 fully saturated rings. The Hall–Kier alpha value is -4.70. The summed E-state index contributed by atoms with van der Waals surface area (Å²) in [6.45, 7) is 6.27. The predicted molar refractivity (Wildman–Crippen MR) is 187 cm³/mol. The van der Waals surface area contributed by atoms with E-state index in [9.17, 15) is 18.5 Å². The Morgan fingerprint density at radius 3 is 2.27 bits per heavy atom. The normalized spacial score (nSPS) is 15.1. The molecule has 0 bridgehead atoms. The van der Waals surface area contributed by atoms with Crippen LogP contribution in [-0.4, -0.2) is 35.9 Å². The molecule has 1 aliphatic rings. The SMILES string of the molecule is CC(C)(C)S(=O)N1Cc2cc(C(=O)NCc3ccc(Oc4ccccc4)cc3)nc(-c3cccc(-c4cccc(F)c4)c3)c2[C@@H]1CCO. The fraction of sp³-hybridized carbons (Fsp3) is 0.231. The van der Waals surface area contributed by atoms with Crippen LogP contribution in [0.2, 0.25) is 0 Å². The molecule has 246 valence electrons. The summed E-state index contributed by atoms with van der Waals surface area (Å²) in [5.74, 6) is 0.747. The number of nitrogens with one attached hydrogen (secondary N) is 1. The Labute approximate surface area is 283 Å². The lowest BCUT2D eigenvalue weighted by Gasteiger charge is -2.30. The van der Waals surface area contributed by atoms with Gasteiger partial charge in [0.05, 0.1) is 16.5 Å². The van der Waals surface area contributed by atoms with Gasteiger partial charge in [-0.3, -0.25) is 4.79 Å². The van der Waals surface area contributed by atoms with Crippen molar-refractivity contribution in [2.75, 3.05) is 6.61 Å². The number of carbonyl (C=O) groups is 1. The molecule has 0 saturated carbocycles. The van der Waals surface area contributed by atoms with Gasteiger partial charge in [0.15, 0.2) is 0 Å². The Morgan fingerprint density at radius 2 is 1.58 bits per heavy atom. The van der Waals surface area contributed by atoms with Crippen molar-refractivity contribution in [1.82, 2.24) is 14.6 Å². The number of rotatable bonds is 10. The van der Waals surface area contributed by atoms with E-state index < -0.39 is 15.7 Å². The number of nitrogens with zero attached hydrogens (tertiary/aromatic N) is 2. The Bertz CT molecular complexity index is 1940. The van der Waals surface area contributed by atoms with Crippen molar-refractivity contribution in [2.24, 2.45) is 0 Å². The van der Waals surface area contributed by atoms with E-state index in [1.54, 1.807) is 12.1 Å². The summed E-state index contributed by atoms with van der Waals surface area (Å²) in [6, 6.07) is 32.4. The number of hydrogen-bond donors (Lipinski definition) is 2. The molecule has 2 atom stereocenters. The largest absolute Gasteiger partial charge is 0.457 e. The number of para-hydroxylation sites is 1. The van der Waals surface area contributed by atoms with E-state index >= 15 is 0 Å². The Morgan fingerprint density at radius 1 is 0.917 bits per heavy atom. The fourth-order valence-corrected chi connectivity index (χ4v) is 7.29. The van der Waals surface area contributed by atoms with Gasteiger partial charge in [0.25, 0.3) is 5.91 Å². The highest BCUT2D eigenvalue weighted by Gasteiger charge is 2.40. The van der Waals surface area contributed by atoms with Crippen LogP contribution in [0, 0.1) is 5.82 Å². The number of halogens is 1. The van der Waals surface area contributed by atoms with Gasteiger partial charge in [-0.1, -0.05) is 60.7 Å². The molecule has 6 rings (SSSR count). The minimum atomic E-state index is -1.39. The van der Waals surface area contributed by atoms with Crippen LogP contribution in [0.4, 0.5) is 4.39 Å². The summed E-state index contributed by atoms with van der Waals surface area (Å²) in [4.78, 5) is 18.6. The monoisotopic (exact) mass is 663 g/mol. The van der Waals surface area contributed by atoms with E-state index in [1.807, 2.05) is 110 Å². The minimum absolute atomic E-state index is 0.109. The van der Waals surface area contributed by atoms with Crippen LogP contribution >= 0.6 is 0 Å². The Balaban J connectivity index is 1.33. The molecule has 1 unspecified atom stereocenters. The number of amides is 1. The molecule has 9 heteroatoms. The van der Waals surface area contributed by atoms with Gasteiger partial charge in [-0.15, -0.1) is 0 Å². The van der Waals surface area contributed by atoms with Gasteiger partial charge in [-0.05, 0) is 98.0 Å². The van der Waals surface area contributed by atoms with Gasteiger partial charge in [-0.2, -0.15) is 0 Å². The van der Waals surface area contributed by atoms with Crippen molar-refractivity contribution in [3.05, 3.63) is 137 Å². The smallest absolute Gasteiger partial charge is 0.270 e. The first kappa shape index (κ1) is 33.2. The van der Waals surface area contributed by atoms with Crippen LogP contribution < -0.4 is 10.1 Å². The zero-order valence-corrected chi connectivity index (χ0v) is 28.0. The van der Waals surface area contributed by atoms with Crippen molar-refractivity contribution in [3.8, 4) is 33.9 Å². The average molecular weight is 664 g/mol. The molecular formula is C39H38FN3O4S. The van der Waals surface area contributed by atoms with Crippen molar-refractivity contribution in [2.45, 2.75) is 51.1 Å². The van der Waals surface area contributed by atoms with Gasteiger partial charge >= 0.3 is 0 Å². The van der Waals surface area contributed by atoms with Crippen LogP contribution in [0.3, 0.4) is 0 Å². The quantitative estimate of drug-likeness (QED) is 0.158. The molecule has 2 heterocycles. The highest BCUT2D eigenvalue weighted by Crippen LogP contribution is 2.44. The number of ether oxygens (including phenoxy) is 1. The molecule has 7 nitrogen and oxygen atoms in total. The molecule has 5 aromatic rings. The number of fused-ring (bicyclic) bond motifs is 1. The van der Waals surface area contributed by atoms with Crippen LogP contribution in [0.25, 0.3) is 22.4 Å². The molecule has 0 spiro atoms. The lowest BCUT2D eigenvalue weighted by atomic mass is 9.94. The minimum Gasteiger partial charge on any atom is -0.457 e. The lowest BCUT2D eigenvalue weighted by molar-refractivity contribution is 0.0946. The predicted octanol–water partition coefficient (Wildman–Crippen LogP) is 7.98. The summed E-state index contributed by atoms with van der Waals surface area (Å²) < 4.78 is 35.1. The fourth-order valence-electron chi connectivity index (χ4n) is 5.89. The third-order valence-electron chi connectivity index (χ3n) is 8.17. The van der Waals surface area contributed by atoms with Gasteiger partial charge in [0.2, 0.25) is 0 Å². The van der Waals surface area contributed by atoms with E-state index in [4.69, 9.17) is 9.72 Å².